The number of benzene rings is 2. The second-order valence-electron chi connectivity index (χ2n) is 4.03. The van der Waals surface area contributed by atoms with Crippen LogP contribution in [0.15, 0.2) is 36.4 Å². The Morgan fingerprint density at radius 3 is 2.45 bits per heavy atom. The zero-order valence-corrected chi connectivity index (χ0v) is 13.3. The number of rotatable bonds is 4. The molecule has 0 atom stereocenters. The lowest BCUT2D eigenvalue weighted by Crippen LogP contribution is -2.09. The molecule has 0 saturated heterocycles. The number of hydrogen-bond acceptors (Lipinski definition) is 2. The summed E-state index contributed by atoms with van der Waals surface area (Å²) in [6, 6.07) is 10.3. The summed E-state index contributed by atoms with van der Waals surface area (Å²) < 4.78 is 5.63. The highest BCUT2D eigenvalue weighted by molar-refractivity contribution is 7.80. The zero-order valence-electron chi connectivity index (χ0n) is 10.2. The standard InChI is InChI=1S/C14H10Cl3NOS/c15-9-1-4-12(16)8(5-9)7-19-10-2-3-11(14(18)20)13(17)6-10/h1-6H,7H2,(H2,18,20). The first kappa shape index (κ1) is 15.4. The molecule has 0 aliphatic rings. The third kappa shape index (κ3) is 3.76. The van der Waals surface area contributed by atoms with E-state index in [-0.39, 0.29) is 4.99 Å². The Morgan fingerprint density at radius 2 is 1.80 bits per heavy atom. The third-order valence-corrected chi connectivity index (χ3v) is 3.74. The summed E-state index contributed by atoms with van der Waals surface area (Å²) in [5, 5.41) is 1.65. The van der Waals surface area contributed by atoms with E-state index in [1.165, 1.54) is 0 Å². The molecule has 0 spiro atoms. The van der Waals surface area contributed by atoms with Crippen molar-refractivity contribution in [1.29, 1.82) is 0 Å². The van der Waals surface area contributed by atoms with Crippen molar-refractivity contribution in [2.24, 2.45) is 5.73 Å². The highest BCUT2D eigenvalue weighted by atomic mass is 35.5. The first-order valence-corrected chi connectivity index (χ1v) is 7.17. The SMILES string of the molecule is NC(=S)c1ccc(OCc2cc(Cl)ccc2Cl)cc1Cl. The van der Waals surface area contributed by atoms with Gasteiger partial charge in [-0.05, 0) is 36.4 Å². The third-order valence-electron chi connectivity index (χ3n) is 2.61. The van der Waals surface area contributed by atoms with E-state index in [4.69, 9.17) is 57.5 Å². The normalized spacial score (nSPS) is 10.3. The molecule has 0 amide bonds. The van der Waals surface area contributed by atoms with E-state index in [1.54, 1.807) is 36.4 Å². The van der Waals surface area contributed by atoms with E-state index in [1.807, 2.05) is 0 Å². The molecule has 0 unspecified atom stereocenters. The minimum Gasteiger partial charge on any atom is -0.489 e. The molecule has 0 saturated carbocycles. The number of halogens is 3. The van der Waals surface area contributed by atoms with Crippen molar-refractivity contribution in [2.45, 2.75) is 6.61 Å². The molecular formula is C14H10Cl3NOS. The number of ether oxygens (including phenoxy) is 1. The number of thiocarbonyl (C=S) groups is 1. The lowest BCUT2D eigenvalue weighted by molar-refractivity contribution is 0.306. The Morgan fingerprint density at radius 1 is 1.05 bits per heavy atom. The maximum absolute atomic E-state index is 6.07. The van der Waals surface area contributed by atoms with Crippen molar-refractivity contribution >= 4 is 52.0 Å². The first-order valence-electron chi connectivity index (χ1n) is 5.63. The van der Waals surface area contributed by atoms with E-state index in [0.29, 0.717) is 33.0 Å². The van der Waals surface area contributed by atoms with Gasteiger partial charge in [-0.1, -0.05) is 47.0 Å². The second kappa shape index (κ2) is 6.64. The highest BCUT2D eigenvalue weighted by Crippen LogP contribution is 2.25. The molecule has 2 rings (SSSR count). The van der Waals surface area contributed by atoms with Gasteiger partial charge < -0.3 is 10.5 Å². The molecule has 0 radical (unpaired) electrons. The number of nitrogens with two attached hydrogens (primary N) is 1. The molecular weight excluding hydrogens is 337 g/mol. The number of hydrogen-bond donors (Lipinski definition) is 1. The Bertz CT molecular complexity index is 661. The minimum absolute atomic E-state index is 0.249. The van der Waals surface area contributed by atoms with Crippen LogP contribution in [0, 0.1) is 0 Å². The van der Waals surface area contributed by atoms with Crippen LogP contribution >= 0.6 is 47.0 Å². The Hall–Kier alpha value is -1.000. The first-order chi connectivity index (χ1) is 9.47. The molecule has 2 aromatic carbocycles. The van der Waals surface area contributed by atoms with E-state index < -0.39 is 0 Å². The van der Waals surface area contributed by atoms with Gasteiger partial charge in [0.25, 0.3) is 0 Å². The van der Waals surface area contributed by atoms with Crippen LogP contribution in [-0.4, -0.2) is 4.99 Å². The van der Waals surface area contributed by atoms with Gasteiger partial charge in [-0.25, -0.2) is 0 Å². The molecule has 104 valence electrons. The summed E-state index contributed by atoms with van der Waals surface area (Å²) in [5.41, 5.74) is 6.96. The van der Waals surface area contributed by atoms with Gasteiger partial charge in [-0.3, -0.25) is 0 Å². The van der Waals surface area contributed by atoms with Crippen LogP contribution in [-0.2, 0) is 6.61 Å². The predicted octanol–water partition coefficient (Wildman–Crippen LogP) is 4.86. The predicted molar refractivity (Wildman–Crippen MR) is 88.1 cm³/mol. The van der Waals surface area contributed by atoms with Gasteiger partial charge in [0.1, 0.15) is 17.3 Å². The summed E-state index contributed by atoms with van der Waals surface area (Å²) in [5.74, 6) is 0.603. The van der Waals surface area contributed by atoms with Crippen LogP contribution in [0.4, 0.5) is 0 Å². The fourth-order valence-corrected chi connectivity index (χ4v) is 2.47. The summed E-state index contributed by atoms with van der Waals surface area (Å²) in [6.45, 7) is 0.294. The Labute approximate surface area is 137 Å². The van der Waals surface area contributed by atoms with Gasteiger partial charge >= 0.3 is 0 Å². The zero-order chi connectivity index (χ0) is 14.7. The van der Waals surface area contributed by atoms with E-state index >= 15 is 0 Å². The fraction of sp³-hybridized carbons (Fsp3) is 0.0714. The molecule has 2 N–H and O–H groups in total. The Kier molecular flexibility index (Phi) is 5.11. The maximum Gasteiger partial charge on any atom is 0.121 e. The van der Waals surface area contributed by atoms with Crippen molar-refractivity contribution in [3.05, 3.63) is 62.6 Å². The fourth-order valence-electron chi connectivity index (χ4n) is 1.60. The molecule has 0 aromatic heterocycles. The second-order valence-corrected chi connectivity index (χ2v) is 5.72. The Balaban J connectivity index is 2.13. The molecule has 0 bridgehead atoms. The molecule has 6 heteroatoms. The molecule has 2 nitrogen and oxygen atoms in total. The quantitative estimate of drug-likeness (QED) is 0.803. The molecule has 20 heavy (non-hydrogen) atoms. The summed E-state index contributed by atoms with van der Waals surface area (Å²) >= 11 is 22.9. The monoisotopic (exact) mass is 345 g/mol. The van der Waals surface area contributed by atoms with Gasteiger partial charge in [0.05, 0.1) is 5.02 Å². The van der Waals surface area contributed by atoms with Crippen molar-refractivity contribution < 1.29 is 4.74 Å². The van der Waals surface area contributed by atoms with E-state index in [9.17, 15) is 0 Å². The van der Waals surface area contributed by atoms with E-state index in [0.717, 1.165) is 5.56 Å². The molecule has 2 aromatic rings. The van der Waals surface area contributed by atoms with Gasteiger partial charge in [-0.15, -0.1) is 0 Å². The highest BCUT2D eigenvalue weighted by Gasteiger charge is 2.07. The molecule has 0 aliphatic heterocycles. The van der Waals surface area contributed by atoms with E-state index in [2.05, 4.69) is 0 Å². The lowest BCUT2D eigenvalue weighted by Gasteiger charge is -2.10. The van der Waals surface area contributed by atoms with Crippen molar-refractivity contribution in [3.8, 4) is 5.75 Å². The van der Waals surface area contributed by atoms with Gasteiger partial charge in [0.2, 0.25) is 0 Å². The van der Waals surface area contributed by atoms with Crippen LogP contribution < -0.4 is 10.5 Å². The smallest absolute Gasteiger partial charge is 0.121 e. The van der Waals surface area contributed by atoms with Gasteiger partial charge in [0.15, 0.2) is 0 Å². The maximum atomic E-state index is 6.07. The van der Waals surface area contributed by atoms with Crippen LogP contribution in [0.1, 0.15) is 11.1 Å². The summed E-state index contributed by atoms with van der Waals surface area (Å²) in [7, 11) is 0. The average Bonchev–Trinajstić information content (AvgIpc) is 2.39. The summed E-state index contributed by atoms with van der Waals surface area (Å²) in [6.07, 6.45) is 0. The largest absolute Gasteiger partial charge is 0.489 e. The van der Waals surface area contributed by atoms with Crippen LogP contribution in [0.25, 0.3) is 0 Å². The van der Waals surface area contributed by atoms with Crippen LogP contribution in [0.5, 0.6) is 5.75 Å². The average molecular weight is 347 g/mol. The molecule has 0 aliphatic carbocycles. The lowest BCUT2D eigenvalue weighted by atomic mass is 10.2. The molecule has 0 fully saturated rings. The van der Waals surface area contributed by atoms with Crippen molar-refractivity contribution in [1.82, 2.24) is 0 Å². The van der Waals surface area contributed by atoms with Crippen LogP contribution in [0.2, 0.25) is 15.1 Å². The summed E-state index contributed by atoms with van der Waals surface area (Å²) in [4.78, 5) is 0.249. The minimum atomic E-state index is 0.249. The van der Waals surface area contributed by atoms with Crippen molar-refractivity contribution in [3.63, 3.8) is 0 Å². The van der Waals surface area contributed by atoms with Gasteiger partial charge in [0, 0.05) is 21.2 Å². The molecule has 0 heterocycles. The van der Waals surface area contributed by atoms with Crippen LogP contribution in [0.3, 0.4) is 0 Å². The van der Waals surface area contributed by atoms with Gasteiger partial charge in [-0.2, -0.15) is 0 Å². The topological polar surface area (TPSA) is 35.2 Å². The van der Waals surface area contributed by atoms with Crippen molar-refractivity contribution in [2.75, 3.05) is 0 Å².